The van der Waals surface area contributed by atoms with Crippen LogP contribution in [0.5, 0.6) is 0 Å². The Labute approximate surface area is 111 Å². The second kappa shape index (κ2) is 3.52. The van der Waals surface area contributed by atoms with Crippen LogP contribution in [0.15, 0.2) is 0 Å². The first-order valence-electron chi connectivity index (χ1n) is 7.96. The Balaban J connectivity index is 1.69. The van der Waals surface area contributed by atoms with Gasteiger partial charge in [-0.3, -0.25) is 0 Å². The zero-order chi connectivity index (χ0) is 12.5. The van der Waals surface area contributed by atoms with Crippen molar-refractivity contribution in [3.8, 4) is 0 Å². The molecular weight excluding hydrogens is 220 g/mol. The third-order valence-electron chi connectivity index (χ3n) is 6.55. The predicted octanol–water partition coefficient (Wildman–Crippen LogP) is 2.62. The summed E-state index contributed by atoms with van der Waals surface area (Å²) in [6, 6.07) is 0.651. The molecule has 1 atom stereocenters. The third-order valence-corrected chi connectivity index (χ3v) is 6.55. The van der Waals surface area contributed by atoms with Crippen LogP contribution in [0, 0.1) is 23.2 Å². The van der Waals surface area contributed by atoms with Crippen LogP contribution in [0.25, 0.3) is 0 Å². The normalized spacial score (nSPS) is 49.7. The average Bonchev–Trinajstić information content (AvgIpc) is 2.92. The van der Waals surface area contributed by atoms with E-state index in [1.54, 1.807) is 0 Å². The van der Waals surface area contributed by atoms with Crippen molar-refractivity contribution < 1.29 is 0 Å². The SMILES string of the molecule is CN(C)C(C1(N)CC1)C12CC3CC(CC(C3)C1)C2. The van der Waals surface area contributed by atoms with Crippen molar-refractivity contribution in [2.45, 2.75) is 62.9 Å². The van der Waals surface area contributed by atoms with E-state index in [1.165, 1.54) is 51.4 Å². The highest BCUT2D eigenvalue weighted by Gasteiger charge is 2.61. The summed E-state index contributed by atoms with van der Waals surface area (Å²) in [5.41, 5.74) is 7.42. The van der Waals surface area contributed by atoms with E-state index < -0.39 is 0 Å². The summed E-state index contributed by atoms with van der Waals surface area (Å²) in [6.07, 6.45) is 11.6. The summed E-state index contributed by atoms with van der Waals surface area (Å²) in [4.78, 5) is 2.49. The standard InChI is InChI=1S/C16H28N2/c1-18(2)14(16(17)3-4-16)15-8-11-5-12(9-15)7-13(6-11)10-15/h11-14H,3-10,17H2,1-2H3. The second-order valence-corrected chi connectivity index (χ2v) is 8.38. The van der Waals surface area contributed by atoms with Gasteiger partial charge in [0.15, 0.2) is 0 Å². The molecule has 0 aromatic carbocycles. The lowest BCUT2D eigenvalue weighted by Gasteiger charge is -2.61. The fourth-order valence-corrected chi connectivity index (χ4v) is 6.60. The van der Waals surface area contributed by atoms with Gasteiger partial charge in [0.2, 0.25) is 0 Å². The first-order chi connectivity index (χ1) is 8.51. The van der Waals surface area contributed by atoms with E-state index in [9.17, 15) is 0 Å². The minimum absolute atomic E-state index is 0.162. The van der Waals surface area contributed by atoms with Crippen molar-refractivity contribution >= 4 is 0 Å². The van der Waals surface area contributed by atoms with Gasteiger partial charge in [0, 0.05) is 11.6 Å². The lowest BCUT2D eigenvalue weighted by atomic mass is 9.46. The van der Waals surface area contributed by atoms with Gasteiger partial charge >= 0.3 is 0 Å². The molecule has 4 bridgehead atoms. The second-order valence-electron chi connectivity index (χ2n) is 8.38. The highest BCUT2D eigenvalue weighted by Crippen LogP contribution is 2.64. The molecule has 0 heterocycles. The molecule has 2 heteroatoms. The monoisotopic (exact) mass is 248 g/mol. The van der Waals surface area contributed by atoms with E-state index in [2.05, 4.69) is 19.0 Å². The van der Waals surface area contributed by atoms with Crippen LogP contribution in [0.1, 0.15) is 51.4 Å². The predicted molar refractivity (Wildman–Crippen MR) is 74.2 cm³/mol. The minimum Gasteiger partial charge on any atom is -0.324 e. The van der Waals surface area contributed by atoms with Gasteiger partial charge in [0.1, 0.15) is 0 Å². The molecule has 0 saturated heterocycles. The third kappa shape index (κ3) is 1.54. The van der Waals surface area contributed by atoms with E-state index in [0.717, 1.165) is 17.8 Å². The van der Waals surface area contributed by atoms with Crippen molar-refractivity contribution in [2.75, 3.05) is 14.1 Å². The first-order valence-corrected chi connectivity index (χ1v) is 7.96. The lowest BCUT2D eigenvalue weighted by molar-refractivity contribution is -0.102. The molecule has 0 aromatic rings. The maximum atomic E-state index is 6.67. The Morgan fingerprint density at radius 1 is 0.944 bits per heavy atom. The van der Waals surface area contributed by atoms with E-state index in [4.69, 9.17) is 5.73 Å². The number of nitrogens with zero attached hydrogens (tertiary/aromatic N) is 1. The quantitative estimate of drug-likeness (QED) is 0.832. The molecule has 5 saturated carbocycles. The molecule has 0 aliphatic heterocycles. The first kappa shape index (κ1) is 11.7. The van der Waals surface area contributed by atoms with Crippen LogP contribution in [-0.4, -0.2) is 30.6 Å². The minimum atomic E-state index is 0.162. The van der Waals surface area contributed by atoms with Crippen LogP contribution in [0.3, 0.4) is 0 Å². The summed E-state index contributed by atoms with van der Waals surface area (Å²) in [5.74, 6) is 3.13. The maximum Gasteiger partial charge on any atom is 0.0326 e. The van der Waals surface area contributed by atoms with Crippen molar-refractivity contribution in [1.29, 1.82) is 0 Å². The largest absolute Gasteiger partial charge is 0.324 e. The van der Waals surface area contributed by atoms with Gasteiger partial charge in [-0.15, -0.1) is 0 Å². The highest BCUT2D eigenvalue weighted by molar-refractivity contribution is 5.17. The molecule has 5 aliphatic rings. The summed E-state index contributed by atoms with van der Waals surface area (Å²) in [5, 5.41) is 0. The van der Waals surface area contributed by atoms with Gasteiger partial charge in [-0.2, -0.15) is 0 Å². The highest BCUT2D eigenvalue weighted by atomic mass is 15.2. The summed E-state index contributed by atoms with van der Waals surface area (Å²) < 4.78 is 0. The van der Waals surface area contributed by atoms with Crippen LogP contribution in [0.2, 0.25) is 0 Å². The van der Waals surface area contributed by atoms with E-state index in [1.807, 2.05) is 0 Å². The van der Waals surface area contributed by atoms with E-state index in [-0.39, 0.29) is 5.54 Å². The summed E-state index contributed by atoms with van der Waals surface area (Å²) >= 11 is 0. The van der Waals surface area contributed by atoms with Crippen LogP contribution in [-0.2, 0) is 0 Å². The molecule has 0 aromatic heterocycles. The zero-order valence-electron chi connectivity index (χ0n) is 12.0. The fraction of sp³-hybridized carbons (Fsp3) is 1.00. The molecule has 0 spiro atoms. The molecule has 0 amide bonds. The van der Waals surface area contributed by atoms with Gasteiger partial charge in [0.05, 0.1) is 0 Å². The Kier molecular flexibility index (Phi) is 2.29. The summed E-state index contributed by atoms with van der Waals surface area (Å²) in [7, 11) is 4.55. The van der Waals surface area contributed by atoms with Crippen molar-refractivity contribution in [1.82, 2.24) is 4.90 Å². The van der Waals surface area contributed by atoms with Crippen molar-refractivity contribution in [3.05, 3.63) is 0 Å². The molecule has 5 rings (SSSR count). The fourth-order valence-electron chi connectivity index (χ4n) is 6.60. The van der Waals surface area contributed by atoms with Gasteiger partial charge < -0.3 is 10.6 Å². The molecule has 5 fully saturated rings. The van der Waals surface area contributed by atoms with Crippen molar-refractivity contribution in [2.24, 2.45) is 28.9 Å². The number of hydrogen-bond acceptors (Lipinski definition) is 2. The lowest BCUT2D eigenvalue weighted by Crippen LogP contribution is -2.62. The van der Waals surface area contributed by atoms with E-state index >= 15 is 0 Å². The summed E-state index contributed by atoms with van der Waals surface area (Å²) in [6.45, 7) is 0. The Bertz CT molecular complexity index is 321. The molecule has 102 valence electrons. The van der Waals surface area contributed by atoms with Crippen LogP contribution >= 0.6 is 0 Å². The smallest absolute Gasteiger partial charge is 0.0326 e. The molecule has 2 N–H and O–H groups in total. The average molecular weight is 248 g/mol. The molecule has 1 unspecified atom stereocenters. The molecule has 5 aliphatic carbocycles. The molecule has 0 radical (unpaired) electrons. The zero-order valence-corrected chi connectivity index (χ0v) is 12.0. The molecular formula is C16H28N2. The Hall–Kier alpha value is -0.0800. The van der Waals surface area contributed by atoms with Gasteiger partial charge in [-0.25, -0.2) is 0 Å². The van der Waals surface area contributed by atoms with Gasteiger partial charge in [0.25, 0.3) is 0 Å². The number of hydrogen-bond donors (Lipinski definition) is 1. The Morgan fingerprint density at radius 3 is 1.72 bits per heavy atom. The maximum absolute atomic E-state index is 6.67. The number of nitrogens with two attached hydrogens (primary N) is 1. The van der Waals surface area contributed by atoms with Gasteiger partial charge in [-0.05, 0) is 88.6 Å². The van der Waals surface area contributed by atoms with Crippen LogP contribution < -0.4 is 5.73 Å². The van der Waals surface area contributed by atoms with Crippen molar-refractivity contribution in [3.63, 3.8) is 0 Å². The van der Waals surface area contributed by atoms with Gasteiger partial charge in [-0.1, -0.05) is 0 Å². The van der Waals surface area contributed by atoms with E-state index in [0.29, 0.717) is 11.5 Å². The topological polar surface area (TPSA) is 29.3 Å². The van der Waals surface area contributed by atoms with Crippen LogP contribution in [0.4, 0.5) is 0 Å². The number of rotatable bonds is 3. The molecule has 2 nitrogen and oxygen atoms in total. The number of likely N-dealkylation sites (N-methyl/N-ethyl adjacent to an activating group) is 1. The molecule has 18 heavy (non-hydrogen) atoms. The Morgan fingerprint density at radius 2 is 1.39 bits per heavy atom.